The number of ketones is 1. The molecular formula is C20H17N3O3. The third-order valence-electron chi connectivity index (χ3n) is 5.54. The molecule has 0 bridgehead atoms. The van der Waals surface area contributed by atoms with E-state index in [1.54, 1.807) is 11.0 Å². The maximum atomic E-state index is 13.7. The molecule has 6 nitrogen and oxygen atoms in total. The highest BCUT2D eigenvalue weighted by Crippen LogP contribution is 2.59. The van der Waals surface area contributed by atoms with Crippen molar-refractivity contribution < 1.29 is 14.0 Å². The van der Waals surface area contributed by atoms with Gasteiger partial charge >= 0.3 is 0 Å². The lowest BCUT2D eigenvalue weighted by Crippen LogP contribution is -2.42. The van der Waals surface area contributed by atoms with Gasteiger partial charge in [0.05, 0.1) is 0 Å². The smallest absolute Gasteiger partial charge is 0.292 e. The number of hydrogen-bond donors (Lipinski definition) is 1. The number of nitrogen functional groups attached to an aromatic ring is 1. The number of allylic oxidation sites excluding steroid dienone is 1. The second-order valence-corrected chi connectivity index (χ2v) is 6.83. The third-order valence-corrected chi connectivity index (χ3v) is 5.54. The van der Waals surface area contributed by atoms with Gasteiger partial charge in [0, 0.05) is 29.8 Å². The number of carbonyl (C=O) groups is 2. The van der Waals surface area contributed by atoms with Gasteiger partial charge in [-0.05, 0) is 18.4 Å². The van der Waals surface area contributed by atoms with Crippen molar-refractivity contribution in [1.29, 1.82) is 0 Å². The van der Waals surface area contributed by atoms with Crippen LogP contribution in [0.3, 0.4) is 0 Å². The summed E-state index contributed by atoms with van der Waals surface area (Å²) in [5.74, 6) is 0.310. The zero-order chi connectivity index (χ0) is 18.1. The molecular weight excluding hydrogens is 330 g/mol. The third kappa shape index (κ3) is 1.55. The monoisotopic (exact) mass is 347 g/mol. The van der Waals surface area contributed by atoms with E-state index in [9.17, 15) is 9.59 Å². The highest BCUT2D eigenvalue weighted by atomic mass is 16.4. The number of Topliss-reactive ketones (excluding diaryl/α,β-unsaturated/α-hetero) is 1. The van der Waals surface area contributed by atoms with Crippen molar-refractivity contribution in [2.45, 2.75) is 24.7 Å². The van der Waals surface area contributed by atoms with Gasteiger partial charge in [-0.25, -0.2) is 0 Å². The number of anilines is 1. The van der Waals surface area contributed by atoms with Crippen LogP contribution in [0.15, 0.2) is 52.6 Å². The highest BCUT2D eigenvalue weighted by Gasteiger charge is 2.63. The van der Waals surface area contributed by atoms with Crippen LogP contribution in [0.5, 0.6) is 0 Å². The molecule has 1 aliphatic heterocycles. The molecule has 0 unspecified atom stereocenters. The number of nitrogens with zero attached hydrogens (tertiary/aromatic N) is 2. The van der Waals surface area contributed by atoms with Crippen LogP contribution in [0.25, 0.3) is 11.3 Å². The van der Waals surface area contributed by atoms with E-state index in [2.05, 4.69) is 11.6 Å². The maximum Gasteiger partial charge on any atom is 0.292 e. The summed E-state index contributed by atoms with van der Waals surface area (Å²) >= 11 is 0. The molecule has 1 atom stereocenters. The fourth-order valence-corrected chi connectivity index (χ4v) is 4.66. The average molecular weight is 347 g/mol. The molecule has 2 heterocycles. The van der Waals surface area contributed by atoms with E-state index in [-0.39, 0.29) is 17.7 Å². The number of nitrogens with two attached hydrogens (primary N) is 1. The second-order valence-electron chi connectivity index (χ2n) is 6.83. The van der Waals surface area contributed by atoms with Gasteiger partial charge < -0.3 is 15.1 Å². The van der Waals surface area contributed by atoms with Crippen LogP contribution in [0.2, 0.25) is 0 Å². The average Bonchev–Trinajstić information content (AvgIpc) is 3.22. The molecule has 0 fully saturated rings. The lowest BCUT2D eigenvalue weighted by Gasteiger charge is -2.26. The Kier molecular flexibility index (Phi) is 2.88. The number of benzene rings is 1. The van der Waals surface area contributed by atoms with E-state index < -0.39 is 5.41 Å². The first-order valence-electron chi connectivity index (χ1n) is 8.67. The molecule has 2 aliphatic carbocycles. The number of rotatable bonds is 2. The van der Waals surface area contributed by atoms with Gasteiger partial charge in [-0.1, -0.05) is 30.3 Å². The Morgan fingerprint density at radius 2 is 2.12 bits per heavy atom. The van der Waals surface area contributed by atoms with Crippen molar-refractivity contribution in [2.75, 3.05) is 12.3 Å². The Hall–Kier alpha value is -3.15. The van der Waals surface area contributed by atoms with E-state index >= 15 is 0 Å². The van der Waals surface area contributed by atoms with Crippen molar-refractivity contribution in [3.8, 4) is 11.3 Å². The van der Waals surface area contributed by atoms with Crippen LogP contribution in [-0.4, -0.2) is 28.1 Å². The molecule has 6 heteroatoms. The molecule has 0 saturated heterocycles. The second kappa shape index (κ2) is 4.94. The van der Waals surface area contributed by atoms with Crippen LogP contribution in [-0.2, 0) is 15.0 Å². The number of hydrogen-bond acceptors (Lipinski definition) is 5. The maximum absolute atomic E-state index is 13.7. The number of fused-ring (bicyclic) bond motifs is 6. The fraction of sp³-hybridized carbons (Fsp3) is 0.250. The van der Waals surface area contributed by atoms with E-state index in [1.165, 1.54) is 0 Å². The van der Waals surface area contributed by atoms with Crippen LogP contribution in [0.4, 0.5) is 6.01 Å². The molecule has 2 aromatic rings. The predicted octanol–water partition coefficient (Wildman–Crippen LogP) is 2.56. The van der Waals surface area contributed by atoms with Gasteiger partial charge in [0.1, 0.15) is 5.69 Å². The summed E-state index contributed by atoms with van der Waals surface area (Å²) in [6, 6.07) is 7.51. The summed E-state index contributed by atoms with van der Waals surface area (Å²) in [7, 11) is 0. The van der Waals surface area contributed by atoms with Gasteiger partial charge in [0.25, 0.3) is 6.01 Å². The summed E-state index contributed by atoms with van der Waals surface area (Å²) in [4.78, 5) is 32.8. The first-order valence-corrected chi connectivity index (χ1v) is 8.67. The molecule has 5 rings (SSSR count). The summed E-state index contributed by atoms with van der Waals surface area (Å²) in [6.07, 6.45) is 3.54. The largest absolute Gasteiger partial charge is 0.423 e. The summed E-state index contributed by atoms with van der Waals surface area (Å²) in [6.45, 7) is 4.13. The lowest BCUT2D eigenvalue weighted by atomic mass is 9.71. The van der Waals surface area contributed by atoms with E-state index in [1.807, 2.05) is 24.3 Å². The van der Waals surface area contributed by atoms with E-state index in [4.69, 9.17) is 10.2 Å². The van der Waals surface area contributed by atoms with Crippen LogP contribution in [0.1, 0.15) is 30.5 Å². The number of amides is 1. The first-order chi connectivity index (χ1) is 12.6. The summed E-state index contributed by atoms with van der Waals surface area (Å²) in [5.41, 5.74) is 7.86. The van der Waals surface area contributed by atoms with Gasteiger partial charge in [-0.15, -0.1) is 6.58 Å². The minimum Gasteiger partial charge on any atom is -0.423 e. The Balaban J connectivity index is 1.90. The summed E-state index contributed by atoms with van der Waals surface area (Å²) in [5, 5.41) is 0. The molecule has 3 aliphatic rings. The molecule has 1 spiro atoms. The molecule has 1 aromatic heterocycles. The van der Waals surface area contributed by atoms with Crippen molar-refractivity contribution in [3.63, 3.8) is 0 Å². The summed E-state index contributed by atoms with van der Waals surface area (Å²) < 4.78 is 5.64. The lowest BCUT2D eigenvalue weighted by molar-refractivity contribution is -0.131. The number of oxazole rings is 1. The van der Waals surface area contributed by atoms with Gasteiger partial charge in [-0.3, -0.25) is 9.59 Å². The fourth-order valence-electron chi connectivity index (χ4n) is 4.66. The predicted molar refractivity (Wildman–Crippen MR) is 94.9 cm³/mol. The van der Waals surface area contributed by atoms with E-state index in [0.29, 0.717) is 36.4 Å². The normalized spacial score (nSPS) is 23.5. The van der Waals surface area contributed by atoms with Crippen molar-refractivity contribution in [1.82, 2.24) is 9.88 Å². The Labute approximate surface area is 150 Å². The van der Waals surface area contributed by atoms with Gasteiger partial charge in [-0.2, -0.15) is 4.98 Å². The first kappa shape index (κ1) is 15.1. The highest BCUT2D eigenvalue weighted by molar-refractivity contribution is 6.16. The molecule has 0 radical (unpaired) electrons. The van der Waals surface area contributed by atoms with Crippen LogP contribution in [0, 0.1) is 0 Å². The van der Waals surface area contributed by atoms with Crippen LogP contribution >= 0.6 is 0 Å². The van der Waals surface area contributed by atoms with Crippen molar-refractivity contribution >= 4 is 17.7 Å². The molecule has 0 saturated carbocycles. The molecule has 2 N–H and O–H groups in total. The zero-order valence-electron chi connectivity index (χ0n) is 14.1. The topological polar surface area (TPSA) is 89.4 Å². The minimum atomic E-state index is -1.25. The molecule has 26 heavy (non-hydrogen) atoms. The minimum absolute atomic E-state index is 0.00394. The van der Waals surface area contributed by atoms with Gasteiger partial charge in [0.2, 0.25) is 5.91 Å². The van der Waals surface area contributed by atoms with E-state index in [0.717, 1.165) is 23.2 Å². The van der Waals surface area contributed by atoms with Gasteiger partial charge in [0.15, 0.2) is 17.0 Å². The van der Waals surface area contributed by atoms with Crippen molar-refractivity contribution in [3.05, 3.63) is 59.4 Å². The zero-order valence-corrected chi connectivity index (χ0v) is 14.1. The number of aromatic nitrogens is 1. The molecule has 1 amide bonds. The van der Waals surface area contributed by atoms with Crippen molar-refractivity contribution in [2.24, 2.45) is 0 Å². The Morgan fingerprint density at radius 1 is 1.31 bits per heavy atom. The van der Waals surface area contributed by atoms with Crippen LogP contribution < -0.4 is 5.73 Å². The Morgan fingerprint density at radius 3 is 2.92 bits per heavy atom. The standard InChI is InChI=1S/C20H17N3O3/c1-2-10-23-13-8-5-9-14(24)15(13)20(18(23)25)12-7-4-3-6-11(12)16-17(20)22-19(21)26-16/h2-4,6-7H,1,5,8-10H2,(H2,21,22)/t20-/m1/s1. The SMILES string of the molecule is C=CCN1C(=O)[C@@]2(C3=C1CCCC3=O)c1ccccc1-c1oc(N)nc12. The quantitative estimate of drug-likeness (QED) is 0.843. The molecule has 130 valence electrons. The molecule has 1 aromatic carbocycles. The Bertz CT molecular complexity index is 1030. The number of carbonyl (C=O) groups excluding carboxylic acids is 2.